The van der Waals surface area contributed by atoms with Crippen LogP contribution in [0.2, 0.25) is 0 Å². The summed E-state index contributed by atoms with van der Waals surface area (Å²) in [4.78, 5) is 15.8. The van der Waals surface area contributed by atoms with Crippen molar-refractivity contribution in [1.29, 1.82) is 0 Å². The van der Waals surface area contributed by atoms with Gasteiger partial charge in [0.25, 0.3) is 0 Å². The van der Waals surface area contributed by atoms with Gasteiger partial charge in [-0.25, -0.2) is 0 Å². The molecule has 1 aliphatic rings. The lowest BCUT2D eigenvalue weighted by Crippen LogP contribution is -2.46. The summed E-state index contributed by atoms with van der Waals surface area (Å²) < 4.78 is 1.37. The number of carbonyl (C=O) groups excluding carboxylic acids is 1. The molecule has 5 heteroatoms. The molecule has 1 aliphatic heterocycles. The van der Waals surface area contributed by atoms with Crippen LogP contribution in [-0.2, 0) is 4.79 Å². The SMILES string of the molecule is NC(=O)CCCCCN1CCN(c2cccc3sccc23)CC1. The third-order valence-corrected chi connectivity index (χ3v) is 5.47. The number of anilines is 1. The Balaban J connectivity index is 1.45. The third-order valence-electron chi connectivity index (χ3n) is 4.58. The predicted molar refractivity (Wildman–Crippen MR) is 98.1 cm³/mol. The number of unbranched alkanes of at least 4 members (excludes halogenated alkanes) is 2. The predicted octanol–water partition coefficient (Wildman–Crippen LogP) is 3.07. The van der Waals surface area contributed by atoms with Crippen molar-refractivity contribution in [3.05, 3.63) is 29.6 Å². The van der Waals surface area contributed by atoms with Crippen molar-refractivity contribution >= 4 is 33.0 Å². The van der Waals surface area contributed by atoms with Crippen molar-refractivity contribution in [3.8, 4) is 0 Å². The van der Waals surface area contributed by atoms with E-state index in [0.717, 1.165) is 52.0 Å². The van der Waals surface area contributed by atoms with Crippen molar-refractivity contribution in [2.24, 2.45) is 5.73 Å². The number of carbonyl (C=O) groups is 1. The minimum absolute atomic E-state index is 0.179. The van der Waals surface area contributed by atoms with Gasteiger partial charge in [0.2, 0.25) is 5.91 Å². The molecule has 2 heterocycles. The second kappa shape index (κ2) is 7.79. The summed E-state index contributed by atoms with van der Waals surface area (Å²) in [6.45, 7) is 5.56. The highest BCUT2D eigenvalue weighted by molar-refractivity contribution is 7.17. The standard InChI is InChI=1S/C18H25N3OS/c19-18(22)7-2-1-3-9-20-10-12-21(13-11-20)16-5-4-6-17-15(16)8-14-23-17/h4-6,8,14H,1-3,7,9-13H2,(H2,19,22). The lowest BCUT2D eigenvalue weighted by Gasteiger charge is -2.36. The van der Waals surface area contributed by atoms with Crippen LogP contribution in [0.5, 0.6) is 0 Å². The van der Waals surface area contributed by atoms with E-state index >= 15 is 0 Å². The highest BCUT2D eigenvalue weighted by atomic mass is 32.1. The Morgan fingerprint density at radius 3 is 2.70 bits per heavy atom. The third kappa shape index (κ3) is 4.24. The molecule has 0 unspecified atom stereocenters. The first-order valence-corrected chi connectivity index (χ1v) is 9.34. The van der Waals surface area contributed by atoms with Crippen LogP contribution in [0, 0.1) is 0 Å². The zero-order valence-electron chi connectivity index (χ0n) is 13.5. The van der Waals surface area contributed by atoms with Crippen molar-refractivity contribution in [2.75, 3.05) is 37.6 Å². The molecule has 23 heavy (non-hydrogen) atoms. The van der Waals surface area contributed by atoms with Crippen LogP contribution in [0.3, 0.4) is 0 Å². The summed E-state index contributed by atoms with van der Waals surface area (Å²) in [5.74, 6) is -0.179. The van der Waals surface area contributed by atoms with Crippen molar-refractivity contribution in [3.63, 3.8) is 0 Å². The quantitative estimate of drug-likeness (QED) is 0.793. The Kier molecular flexibility index (Phi) is 5.51. The van der Waals surface area contributed by atoms with E-state index in [0.29, 0.717) is 6.42 Å². The molecule has 0 atom stereocenters. The van der Waals surface area contributed by atoms with Gasteiger partial charge in [-0.1, -0.05) is 12.5 Å². The molecule has 2 aromatic rings. The van der Waals surface area contributed by atoms with E-state index in [-0.39, 0.29) is 5.91 Å². The highest BCUT2D eigenvalue weighted by Gasteiger charge is 2.18. The second-order valence-electron chi connectivity index (χ2n) is 6.22. The lowest BCUT2D eigenvalue weighted by atomic mass is 10.1. The van der Waals surface area contributed by atoms with Gasteiger partial charge in [0.1, 0.15) is 0 Å². The fraction of sp³-hybridized carbons (Fsp3) is 0.500. The molecule has 0 bridgehead atoms. The molecule has 124 valence electrons. The number of benzene rings is 1. The summed E-state index contributed by atoms with van der Waals surface area (Å²) in [6, 6.07) is 8.85. The average Bonchev–Trinajstić information content (AvgIpc) is 3.03. The minimum atomic E-state index is -0.179. The zero-order chi connectivity index (χ0) is 16.1. The molecule has 1 fully saturated rings. The lowest BCUT2D eigenvalue weighted by molar-refractivity contribution is -0.118. The van der Waals surface area contributed by atoms with Crippen LogP contribution in [0.15, 0.2) is 29.6 Å². The highest BCUT2D eigenvalue weighted by Crippen LogP contribution is 2.31. The van der Waals surface area contributed by atoms with Crippen LogP contribution < -0.4 is 10.6 Å². The number of hydrogen-bond donors (Lipinski definition) is 1. The van der Waals surface area contributed by atoms with Gasteiger partial charge in [-0.3, -0.25) is 9.69 Å². The van der Waals surface area contributed by atoms with E-state index in [1.807, 2.05) is 11.3 Å². The molecule has 0 saturated carbocycles. The van der Waals surface area contributed by atoms with Crippen molar-refractivity contribution in [1.82, 2.24) is 4.90 Å². The van der Waals surface area contributed by atoms with Gasteiger partial charge in [-0.15, -0.1) is 11.3 Å². The van der Waals surface area contributed by atoms with E-state index in [2.05, 4.69) is 39.4 Å². The summed E-state index contributed by atoms with van der Waals surface area (Å²) >= 11 is 1.81. The van der Waals surface area contributed by atoms with Crippen LogP contribution in [0.25, 0.3) is 10.1 Å². The molecule has 0 radical (unpaired) electrons. The van der Waals surface area contributed by atoms with Gasteiger partial charge in [0, 0.05) is 48.4 Å². The molecular weight excluding hydrogens is 306 g/mol. The number of nitrogens with zero attached hydrogens (tertiary/aromatic N) is 2. The van der Waals surface area contributed by atoms with E-state index in [9.17, 15) is 4.79 Å². The number of thiophene rings is 1. The molecular formula is C18H25N3OS. The molecule has 0 spiro atoms. The number of amides is 1. The number of fused-ring (bicyclic) bond motifs is 1. The van der Waals surface area contributed by atoms with Crippen LogP contribution in [-0.4, -0.2) is 43.5 Å². The maximum atomic E-state index is 10.7. The van der Waals surface area contributed by atoms with Gasteiger partial charge >= 0.3 is 0 Å². The van der Waals surface area contributed by atoms with Crippen molar-refractivity contribution in [2.45, 2.75) is 25.7 Å². The second-order valence-corrected chi connectivity index (χ2v) is 7.16. The summed E-state index contributed by atoms with van der Waals surface area (Å²) in [6.07, 6.45) is 3.71. The molecule has 4 nitrogen and oxygen atoms in total. The first-order valence-electron chi connectivity index (χ1n) is 8.46. The molecule has 1 saturated heterocycles. The topological polar surface area (TPSA) is 49.6 Å². The largest absolute Gasteiger partial charge is 0.370 e. The first kappa shape index (κ1) is 16.3. The summed E-state index contributed by atoms with van der Waals surface area (Å²) in [5, 5.41) is 3.56. The fourth-order valence-corrected chi connectivity index (χ4v) is 4.09. The van der Waals surface area contributed by atoms with Crippen LogP contribution in [0.1, 0.15) is 25.7 Å². The number of nitrogens with two attached hydrogens (primary N) is 1. The Morgan fingerprint density at radius 1 is 1.09 bits per heavy atom. The summed E-state index contributed by atoms with van der Waals surface area (Å²) in [7, 11) is 0. The number of rotatable bonds is 7. The number of hydrogen-bond acceptors (Lipinski definition) is 4. The number of primary amides is 1. The van der Waals surface area contributed by atoms with E-state index in [4.69, 9.17) is 5.73 Å². The van der Waals surface area contributed by atoms with Gasteiger partial charge in [0.15, 0.2) is 0 Å². The molecule has 3 rings (SSSR count). The first-order chi connectivity index (χ1) is 11.2. The Hall–Kier alpha value is -1.59. The molecule has 0 aliphatic carbocycles. The number of piperazine rings is 1. The Morgan fingerprint density at radius 2 is 1.91 bits per heavy atom. The van der Waals surface area contributed by atoms with E-state index in [1.165, 1.54) is 15.8 Å². The maximum Gasteiger partial charge on any atom is 0.217 e. The monoisotopic (exact) mass is 331 g/mol. The Bertz CT molecular complexity index is 647. The molecule has 1 aromatic carbocycles. The van der Waals surface area contributed by atoms with E-state index in [1.54, 1.807) is 0 Å². The maximum absolute atomic E-state index is 10.7. The van der Waals surface area contributed by atoms with Crippen molar-refractivity contribution < 1.29 is 4.79 Å². The average molecular weight is 331 g/mol. The fourth-order valence-electron chi connectivity index (χ4n) is 3.28. The van der Waals surface area contributed by atoms with Crippen LogP contribution >= 0.6 is 11.3 Å². The van der Waals surface area contributed by atoms with Gasteiger partial charge in [-0.2, -0.15) is 0 Å². The van der Waals surface area contributed by atoms with Gasteiger partial charge < -0.3 is 10.6 Å². The van der Waals surface area contributed by atoms with E-state index < -0.39 is 0 Å². The molecule has 2 N–H and O–H groups in total. The Labute approximate surface area is 141 Å². The normalized spacial score (nSPS) is 16.1. The summed E-state index contributed by atoms with van der Waals surface area (Å²) in [5.41, 5.74) is 6.55. The minimum Gasteiger partial charge on any atom is -0.370 e. The molecule has 1 amide bonds. The smallest absolute Gasteiger partial charge is 0.217 e. The van der Waals surface area contributed by atoms with Crippen LogP contribution in [0.4, 0.5) is 5.69 Å². The van der Waals surface area contributed by atoms with Gasteiger partial charge in [-0.05, 0) is 43.0 Å². The van der Waals surface area contributed by atoms with Gasteiger partial charge in [0.05, 0.1) is 0 Å². The molecule has 1 aromatic heterocycles. The zero-order valence-corrected chi connectivity index (χ0v) is 14.4.